The molecule has 1 aliphatic rings. The summed E-state index contributed by atoms with van der Waals surface area (Å²) in [5.74, 6) is 2.33. The maximum Gasteiger partial charge on any atom is 0.264 e. The first-order chi connectivity index (χ1) is 8.34. The number of hydrogen-bond acceptors (Lipinski definition) is 3. The van der Waals surface area contributed by atoms with Crippen molar-refractivity contribution in [3.8, 4) is 0 Å². The molecule has 1 aliphatic heterocycles. The third-order valence-corrected chi connectivity index (χ3v) is 4.98. The Kier molecular flexibility index (Phi) is 3.07. The molecule has 2 nitrogen and oxygen atoms in total. The molecular formula is C13H13NOS2. The maximum absolute atomic E-state index is 12.3. The van der Waals surface area contributed by atoms with Crippen LogP contribution in [0.1, 0.15) is 9.67 Å². The lowest BCUT2D eigenvalue weighted by atomic mass is 10.2. The Bertz CT molecular complexity index is 510. The van der Waals surface area contributed by atoms with Gasteiger partial charge in [0, 0.05) is 29.3 Å². The first-order valence-electron chi connectivity index (χ1n) is 5.70. The lowest BCUT2D eigenvalue weighted by Crippen LogP contribution is -2.37. The van der Waals surface area contributed by atoms with Crippen LogP contribution in [0.4, 0.5) is 0 Å². The summed E-state index contributed by atoms with van der Waals surface area (Å²) in [5, 5.41) is 1.17. The van der Waals surface area contributed by atoms with Crippen molar-refractivity contribution in [2.24, 2.45) is 0 Å². The van der Waals surface area contributed by atoms with Gasteiger partial charge in [-0.1, -0.05) is 18.2 Å². The summed E-state index contributed by atoms with van der Waals surface area (Å²) >= 11 is 3.53. The average Bonchev–Trinajstić information content (AvgIpc) is 2.82. The van der Waals surface area contributed by atoms with Crippen LogP contribution in [0.3, 0.4) is 0 Å². The predicted octanol–water partition coefficient (Wildman–Crippen LogP) is 3.09. The van der Waals surface area contributed by atoms with E-state index in [1.54, 1.807) is 11.3 Å². The van der Waals surface area contributed by atoms with Crippen LogP contribution in [-0.4, -0.2) is 35.4 Å². The summed E-state index contributed by atoms with van der Waals surface area (Å²) in [6.45, 7) is 1.77. The molecular weight excluding hydrogens is 250 g/mol. The largest absolute Gasteiger partial charge is 0.336 e. The van der Waals surface area contributed by atoms with Crippen LogP contribution < -0.4 is 0 Å². The molecule has 0 radical (unpaired) electrons. The van der Waals surface area contributed by atoms with Gasteiger partial charge in [0.1, 0.15) is 0 Å². The third kappa shape index (κ3) is 2.19. The van der Waals surface area contributed by atoms with E-state index in [4.69, 9.17) is 0 Å². The van der Waals surface area contributed by atoms with Gasteiger partial charge in [0.25, 0.3) is 5.91 Å². The second-order valence-corrected chi connectivity index (χ2v) is 6.36. The standard InChI is InChI=1S/C13H13NOS2/c15-13(14-5-7-16-8-6-14)12-9-10-3-1-2-4-11(10)17-12/h1-4,9H,5-8H2. The summed E-state index contributed by atoms with van der Waals surface area (Å²) in [6.07, 6.45) is 0. The fourth-order valence-electron chi connectivity index (χ4n) is 2.01. The summed E-state index contributed by atoms with van der Waals surface area (Å²) in [5.41, 5.74) is 0. The summed E-state index contributed by atoms with van der Waals surface area (Å²) in [6, 6.07) is 10.2. The zero-order valence-electron chi connectivity index (χ0n) is 9.39. The van der Waals surface area contributed by atoms with E-state index in [1.165, 1.54) is 10.1 Å². The van der Waals surface area contributed by atoms with Gasteiger partial charge in [0.05, 0.1) is 4.88 Å². The van der Waals surface area contributed by atoms with Crippen LogP contribution >= 0.6 is 23.1 Å². The van der Waals surface area contributed by atoms with E-state index in [0.717, 1.165) is 29.5 Å². The molecule has 0 unspecified atom stereocenters. The monoisotopic (exact) mass is 263 g/mol. The van der Waals surface area contributed by atoms with Gasteiger partial charge in [-0.05, 0) is 17.5 Å². The van der Waals surface area contributed by atoms with Gasteiger partial charge in [-0.25, -0.2) is 0 Å². The van der Waals surface area contributed by atoms with Gasteiger partial charge in [0.2, 0.25) is 0 Å². The Labute approximate surface area is 109 Å². The predicted molar refractivity (Wildman–Crippen MR) is 75.1 cm³/mol. The zero-order valence-corrected chi connectivity index (χ0v) is 11.0. The van der Waals surface area contributed by atoms with Crippen LogP contribution in [0.2, 0.25) is 0 Å². The molecule has 0 atom stereocenters. The Balaban J connectivity index is 1.89. The van der Waals surface area contributed by atoms with Crippen LogP contribution in [-0.2, 0) is 0 Å². The lowest BCUT2D eigenvalue weighted by Gasteiger charge is -2.25. The van der Waals surface area contributed by atoms with Crippen LogP contribution in [0.25, 0.3) is 10.1 Å². The van der Waals surface area contributed by atoms with E-state index < -0.39 is 0 Å². The van der Waals surface area contributed by atoms with E-state index >= 15 is 0 Å². The highest BCUT2D eigenvalue weighted by molar-refractivity contribution is 7.99. The molecule has 0 saturated carbocycles. The smallest absolute Gasteiger partial charge is 0.264 e. The Morgan fingerprint density at radius 1 is 1.18 bits per heavy atom. The molecule has 1 fully saturated rings. The fraction of sp³-hybridized carbons (Fsp3) is 0.308. The summed E-state index contributed by atoms with van der Waals surface area (Å²) in [4.78, 5) is 15.1. The van der Waals surface area contributed by atoms with Crippen LogP contribution in [0.15, 0.2) is 30.3 Å². The minimum atomic E-state index is 0.200. The van der Waals surface area contributed by atoms with E-state index in [9.17, 15) is 4.79 Å². The molecule has 2 aromatic rings. The van der Waals surface area contributed by atoms with Crippen molar-refractivity contribution >= 4 is 39.1 Å². The van der Waals surface area contributed by atoms with E-state index in [1.807, 2.05) is 34.9 Å². The molecule has 17 heavy (non-hydrogen) atoms. The first-order valence-corrected chi connectivity index (χ1v) is 7.67. The van der Waals surface area contributed by atoms with Gasteiger partial charge in [-0.15, -0.1) is 11.3 Å². The Hall–Kier alpha value is -1.00. The molecule has 88 valence electrons. The Morgan fingerprint density at radius 2 is 1.94 bits per heavy atom. The van der Waals surface area contributed by atoms with E-state index in [2.05, 4.69) is 12.1 Å². The number of thioether (sulfide) groups is 1. The van der Waals surface area contributed by atoms with Crippen LogP contribution in [0, 0.1) is 0 Å². The lowest BCUT2D eigenvalue weighted by molar-refractivity contribution is 0.0777. The number of fused-ring (bicyclic) bond motifs is 1. The number of carbonyl (C=O) groups is 1. The molecule has 1 amide bonds. The van der Waals surface area contributed by atoms with E-state index in [-0.39, 0.29) is 5.91 Å². The minimum absolute atomic E-state index is 0.200. The fourth-order valence-corrected chi connectivity index (χ4v) is 3.94. The number of thiophene rings is 1. The van der Waals surface area contributed by atoms with Crippen molar-refractivity contribution in [3.63, 3.8) is 0 Å². The molecule has 0 N–H and O–H groups in total. The number of benzene rings is 1. The molecule has 0 spiro atoms. The van der Waals surface area contributed by atoms with Crippen molar-refractivity contribution in [1.29, 1.82) is 0 Å². The summed E-state index contributed by atoms with van der Waals surface area (Å²) in [7, 11) is 0. The molecule has 2 heterocycles. The van der Waals surface area contributed by atoms with Gasteiger partial charge in [-0.3, -0.25) is 4.79 Å². The topological polar surface area (TPSA) is 20.3 Å². The number of hydrogen-bond donors (Lipinski definition) is 0. The highest BCUT2D eigenvalue weighted by Crippen LogP contribution is 2.26. The molecule has 3 rings (SSSR count). The Morgan fingerprint density at radius 3 is 2.71 bits per heavy atom. The highest BCUT2D eigenvalue weighted by Gasteiger charge is 2.19. The van der Waals surface area contributed by atoms with Gasteiger partial charge < -0.3 is 4.90 Å². The SMILES string of the molecule is O=C(c1cc2ccccc2s1)N1CCSCC1. The van der Waals surface area contributed by atoms with Crippen molar-refractivity contribution < 1.29 is 4.79 Å². The zero-order chi connectivity index (χ0) is 11.7. The maximum atomic E-state index is 12.3. The quantitative estimate of drug-likeness (QED) is 0.788. The third-order valence-electron chi connectivity index (χ3n) is 2.93. The summed E-state index contributed by atoms with van der Waals surface area (Å²) < 4.78 is 1.20. The molecule has 1 aromatic carbocycles. The van der Waals surface area contributed by atoms with Gasteiger partial charge in [-0.2, -0.15) is 11.8 Å². The van der Waals surface area contributed by atoms with Crippen molar-refractivity contribution in [1.82, 2.24) is 4.90 Å². The normalized spacial score (nSPS) is 16.4. The molecule has 0 aliphatic carbocycles. The van der Waals surface area contributed by atoms with E-state index in [0.29, 0.717) is 0 Å². The molecule has 0 bridgehead atoms. The number of amides is 1. The van der Waals surface area contributed by atoms with Gasteiger partial charge in [0.15, 0.2) is 0 Å². The molecule has 4 heteroatoms. The molecule has 1 aromatic heterocycles. The molecule has 1 saturated heterocycles. The minimum Gasteiger partial charge on any atom is -0.336 e. The van der Waals surface area contributed by atoms with Crippen LogP contribution in [0.5, 0.6) is 0 Å². The second-order valence-electron chi connectivity index (χ2n) is 4.05. The average molecular weight is 263 g/mol. The second kappa shape index (κ2) is 4.70. The van der Waals surface area contributed by atoms with Gasteiger partial charge >= 0.3 is 0 Å². The number of carbonyl (C=O) groups excluding carboxylic acids is 1. The van der Waals surface area contributed by atoms with Crippen molar-refractivity contribution in [3.05, 3.63) is 35.2 Å². The number of nitrogens with zero attached hydrogens (tertiary/aromatic N) is 1. The highest BCUT2D eigenvalue weighted by atomic mass is 32.2. The first kappa shape index (κ1) is 11.1. The van der Waals surface area contributed by atoms with Crippen molar-refractivity contribution in [2.45, 2.75) is 0 Å². The number of rotatable bonds is 1. The van der Waals surface area contributed by atoms with Crippen molar-refractivity contribution in [2.75, 3.05) is 24.6 Å².